The van der Waals surface area contributed by atoms with Gasteiger partial charge in [-0.25, -0.2) is 9.78 Å². The van der Waals surface area contributed by atoms with Crippen LogP contribution in [0.2, 0.25) is 0 Å². The van der Waals surface area contributed by atoms with Gasteiger partial charge in [-0.05, 0) is 12.1 Å². The molecule has 0 aromatic carbocycles. The smallest absolute Gasteiger partial charge is 0.341 e. The number of anilines is 1. The van der Waals surface area contributed by atoms with Crippen molar-refractivity contribution in [1.29, 1.82) is 0 Å². The number of rotatable bonds is 1. The molecule has 6 nitrogen and oxygen atoms in total. The van der Waals surface area contributed by atoms with Crippen LogP contribution in [0, 0.1) is 0 Å². The van der Waals surface area contributed by atoms with Crippen LogP contribution in [-0.2, 0) is 0 Å². The fourth-order valence-corrected chi connectivity index (χ4v) is 1.27. The summed E-state index contributed by atoms with van der Waals surface area (Å²) in [5.41, 5.74) is 4.92. The zero-order chi connectivity index (χ0) is 11.0. The number of nitrogens with one attached hydrogen (secondary N) is 1. The Balaban J connectivity index is 2.89. The molecule has 6 heteroatoms. The average Bonchev–Trinajstić information content (AvgIpc) is 2.19. The number of aromatic carboxylic acids is 1. The summed E-state index contributed by atoms with van der Waals surface area (Å²) in [6.07, 6.45) is 1.14. The summed E-state index contributed by atoms with van der Waals surface area (Å²) >= 11 is 0. The summed E-state index contributed by atoms with van der Waals surface area (Å²) < 4.78 is 0. The molecule has 0 unspecified atom stereocenters. The lowest BCUT2D eigenvalue weighted by Gasteiger charge is -1.99. The second-order valence-electron chi connectivity index (χ2n) is 2.97. The maximum absolute atomic E-state index is 11.6. The van der Waals surface area contributed by atoms with Crippen molar-refractivity contribution in [2.75, 3.05) is 5.73 Å². The zero-order valence-electron chi connectivity index (χ0n) is 7.52. The third kappa shape index (κ3) is 1.41. The third-order valence-corrected chi connectivity index (χ3v) is 1.98. The van der Waals surface area contributed by atoms with E-state index in [1.807, 2.05) is 0 Å². The molecular weight excluding hydrogens is 198 g/mol. The van der Waals surface area contributed by atoms with Crippen molar-refractivity contribution in [2.24, 2.45) is 0 Å². The van der Waals surface area contributed by atoms with E-state index >= 15 is 0 Å². The predicted octanol–water partition coefficient (Wildman–Crippen LogP) is 0.204. The van der Waals surface area contributed by atoms with Gasteiger partial charge in [-0.3, -0.25) is 4.79 Å². The first-order valence-corrected chi connectivity index (χ1v) is 4.11. The highest BCUT2D eigenvalue weighted by Gasteiger charge is 2.12. The minimum absolute atomic E-state index is 0.0369. The van der Waals surface area contributed by atoms with Crippen LogP contribution >= 0.6 is 0 Å². The number of nitrogens with two attached hydrogens (primary N) is 1. The first kappa shape index (κ1) is 9.20. The molecule has 0 spiro atoms. The van der Waals surface area contributed by atoms with Gasteiger partial charge in [-0.2, -0.15) is 0 Å². The van der Waals surface area contributed by atoms with Crippen molar-refractivity contribution in [3.8, 4) is 0 Å². The minimum atomic E-state index is -1.29. The molecule has 0 aliphatic carbocycles. The highest BCUT2D eigenvalue weighted by atomic mass is 16.4. The number of aromatic nitrogens is 2. The number of carboxylic acid groups (broad SMARTS) is 1. The second-order valence-corrected chi connectivity index (χ2v) is 2.97. The Morgan fingerprint density at radius 1 is 1.47 bits per heavy atom. The number of fused-ring (bicyclic) bond motifs is 1. The van der Waals surface area contributed by atoms with E-state index in [4.69, 9.17) is 10.8 Å². The lowest BCUT2D eigenvalue weighted by atomic mass is 10.2. The van der Waals surface area contributed by atoms with Crippen LogP contribution < -0.4 is 11.2 Å². The first-order valence-electron chi connectivity index (χ1n) is 4.11. The summed E-state index contributed by atoms with van der Waals surface area (Å²) in [6.45, 7) is 0. The number of aromatic amines is 1. The van der Waals surface area contributed by atoms with Crippen LogP contribution in [0.5, 0.6) is 0 Å². The number of carbonyl (C=O) groups is 1. The van der Waals surface area contributed by atoms with E-state index < -0.39 is 11.4 Å². The van der Waals surface area contributed by atoms with E-state index in [0.29, 0.717) is 5.52 Å². The molecule has 0 radical (unpaired) electrons. The summed E-state index contributed by atoms with van der Waals surface area (Å²) in [4.78, 5) is 28.7. The van der Waals surface area contributed by atoms with E-state index in [-0.39, 0.29) is 16.9 Å². The molecule has 2 heterocycles. The standard InChI is InChI=1S/C9H7N3O3/c10-6-2-1-5-7(12-6)8(13)4(3-11-5)9(14)15/h1-3H,(H2,10,12)(H,11,13)(H,14,15). The second kappa shape index (κ2) is 3.09. The normalized spacial score (nSPS) is 10.4. The van der Waals surface area contributed by atoms with Crippen LogP contribution in [0.4, 0.5) is 5.82 Å². The number of hydrogen-bond acceptors (Lipinski definition) is 4. The monoisotopic (exact) mass is 205 g/mol. The predicted molar refractivity (Wildman–Crippen MR) is 53.7 cm³/mol. The Morgan fingerprint density at radius 2 is 2.20 bits per heavy atom. The van der Waals surface area contributed by atoms with Gasteiger partial charge < -0.3 is 15.8 Å². The van der Waals surface area contributed by atoms with Gasteiger partial charge in [0.25, 0.3) is 0 Å². The molecule has 2 rings (SSSR count). The van der Waals surface area contributed by atoms with Crippen LogP contribution in [-0.4, -0.2) is 21.0 Å². The van der Waals surface area contributed by atoms with Crippen molar-refractivity contribution < 1.29 is 9.90 Å². The van der Waals surface area contributed by atoms with Gasteiger partial charge in [0, 0.05) is 6.20 Å². The number of H-pyrrole nitrogens is 1. The fourth-order valence-electron chi connectivity index (χ4n) is 1.27. The Morgan fingerprint density at radius 3 is 2.87 bits per heavy atom. The molecule has 4 N–H and O–H groups in total. The maximum Gasteiger partial charge on any atom is 0.341 e. The van der Waals surface area contributed by atoms with Crippen LogP contribution in [0.25, 0.3) is 11.0 Å². The molecule has 0 saturated heterocycles. The Labute approximate surface area is 83.4 Å². The van der Waals surface area contributed by atoms with Crippen molar-refractivity contribution in [3.05, 3.63) is 34.1 Å². The molecule has 0 amide bonds. The lowest BCUT2D eigenvalue weighted by Crippen LogP contribution is -2.16. The summed E-state index contributed by atoms with van der Waals surface area (Å²) in [6, 6.07) is 3.10. The first-order chi connectivity index (χ1) is 7.09. The van der Waals surface area contributed by atoms with E-state index in [1.165, 1.54) is 6.07 Å². The molecule has 0 saturated carbocycles. The summed E-state index contributed by atoms with van der Waals surface area (Å²) in [5.74, 6) is -1.11. The number of hydrogen-bond donors (Lipinski definition) is 3. The van der Waals surface area contributed by atoms with E-state index in [2.05, 4.69) is 9.97 Å². The van der Waals surface area contributed by atoms with Crippen LogP contribution in [0.15, 0.2) is 23.1 Å². The average molecular weight is 205 g/mol. The SMILES string of the molecule is Nc1ccc2[nH]cc(C(=O)O)c(=O)c2n1. The molecule has 15 heavy (non-hydrogen) atoms. The third-order valence-electron chi connectivity index (χ3n) is 1.98. The minimum Gasteiger partial charge on any atom is -0.477 e. The highest BCUT2D eigenvalue weighted by Crippen LogP contribution is 2.07. The lowest BCUT2D eigenvalue weighted by molar-refractivity contribution is 0.0695. The summed E-state index contributed by atoms with van der Waals surface area (Å²) in [7, 11) is 0. The van der Waals surface area contributed by atoms with Gasteiger partial charge in [-0.15, -0.1) is 0 Å². The molecule has 0 atom stereocenters. The number of pyridine rings is 2. The Kier molecular flexibility index (Phi) is 1.89. The van der Waals surface area contributed by atoms with Gasteiger partial charge in [-0.1, -0.05) is 0 Å². The zero-order valence-corrected chi connectivity index (χ0v) is 7.52. The molecule has 2 aromatic rings. The quantitative estimate of drug-likeness (QED) is 0.616. The van der Waals surface area contributed by atoms with E-state index in [0.717, 1.165) is 6.20 Å². The molecule has 76 valence electrons. The molecule has 0 aliphatic rings. The molecule has 0 bridgehead atoms. The highest BCUT2D eigenvalue weighted by molar-refractivity contribution is 5.91. The summed E-state index contributed by atoms with van der Waals surface area (Å²) in [5, 5.41) is 8.72. The van der Waals surface area contributed by atoms with E-state index in [9.17, 15) is 9.59 Å². The van der Waals surface area contributed by atoms with Crippen LogP contribution in [0.1, 0.15) is 10.4 Å². The van der Waals surface area contributed by atoms with Gasteiger partial charge in [0.05, 0.1) is 5.52 Å². The largest absolute Gasteiger partial charge is 0.477 e. The fraction of sp³-hybridized carbons (Fsp3) is 0. The van der Waals surface area contributed by atoms with Crippen LogP contribution in [0.3, 0.4) is 0 Å². The molecule has 2 aromatic heterocycles. The number of nitrogens with zero attached hydrogens (tertiary/aromatic N) is 1. The van der Waals surface area contributed by atoms with Crippen molar-refractivity contribution >= 4 is 22.8 Å². The van der Waals surface area contributed by atoms with Crippen molar-refractivity contribution in [2.45, 2.75) is 0 Å². The van der Waals surface area contributed by atoms with Gasteiger partial charge in [0.1, 0.15) is 16.9 Å². The van der Waals surface area contributed by atoms with Gasteiger partial charge >= 0.3 is 5.97 Å². The number of nitrogen functional groups attached to an aromatic ring is 1. The van der Waals surface area contributed by atoms with Crippen molar-refractivity contribution in [3.63, 3.8) is 0 Å². The molecular formula is C9H7N3O3. The van der Waals surface area contributed by atoms with Gasteiger partial charge in [0.2, 0.25) is 5.43 Å². The Hall–Kier alpha value is -2.37. The number of carboxylic acids is 1. The molecule has 0 aliphatic heterocycles. The topological polar surface area (TPSA) is 109 Å². The van der Waals surface area contributed by atoms with Gasteiger partial charge in [0.15, 0.2) is 0 Å². The molecule has 0 fully saturated rings. The van der Waals surface area contributed by atoms with E-state index in [1.54, 1.807) is 6.07 Å². The Bertz CT molecular complexity index is 603. The maximum atomic E-state index is 11.6. The van der Waals surface area contributed by atoms with Crippen molar-refractivity contribution in [1.82, 2.24) is 9.97 Å².